The van der Waals surface area contributed by atoms with Crippen molar-refractivity contribution in [3.8, 4) is 0 Å². The molecule has 3 rings (SSSR count). The van der Waals surface area contributed by atoms with Crippen LogP contribution in [0.5, 0.6) is 0 Å². The first kappa shape index (κ1) is 13.6. The van der Waals surface area contributed by atoms with Crippen LogP contribution < -0.4 is 5.32 Å². The van der Waals surface area contributed by atoms with E-state index in [0.29, 0.717) is 12.1 Å². The van der Waals surface area contributed by atoms with Crippen LogP contribution in [0.4, 0.5) is 0 Å². The molecule has 0 radical (unpaired) electrons. The van der Waals surface area contributed by atoms with Crippen molar-refractivity contribution in [3.05, 3.63) is 30.1 Å². The minimum absolute atomic E-state index is 0.349. The van der Waals surface area contributed by atoms with Crippen LogP contribution in [0.15, 0.2) is 24.3 Å². The highest BCUT2D eigenvalue weighted by atomic mass is 15.2. The maximum Gasteiger partial charge on any atom is 0.126 e. The monoisotopic (exact) mass is 272 g/mol. The molecule has 0 spiro atoms. The summed E-state index contributed by atoms with van der Waals surface area (Å²) in [6, 6.07) is 9.36. The Bertz CT molecular complexity index is 583. The van der Waals surface area contributed by atoms with Gasteiger partial charge in [0.1, 0.15) is 5.82 Å². The van der Waals surface area contributed by atoms with Gasteiger partial charge in [-0.05, 0) is 38.6 Å². The molecule has 0 aliphatic carbocycles. The minimum Gasteiger partial charge on any atom is -0.330 e. The summed E-state index contributed by atoms with van der Waals surface area (Å²) < 4.78 is 2.24. The Morgan fingerprint density at radius 3 is 2.90 bits per heavy atom. The number of hydrogen-bond acceptors (Lipinski definition) is 3. The summed E-state index contributed by atoms with van der Waals surface area (Å²) in [4.78, 5) is 7.42. The Morgan fingerprint density at radius 2 is 2.25 bits per heavy atom. The molecule has 4 nitrogen and oxygen atoms in total. The standard InChI is InChI=1S/C16H24N4/c1-4-20(13-9-10-17-11-13)12(2)16-18-14-7-5-6-8-15(14)19(16)3/h5-8,12-13,17H,4,9-11H2,1-3H3. The van der Waals surface area contributed by atoms with Crippen molar-refractivity contribution in [1.29, 1.82) is 0 Å². The molecule has 1 saturated heterocycles. The first-order chi connectivity index (χ1) is 9.72. The molecule has 4 heteroatoms. The molecule has 1 aliphatic rings. The van der Waals surface area contributed by atoms with Crippen LogP contribution in [0.3, 0.4) is 0 Å². The minimum atomic E-state index is 0.349. The summed E-state index contributed by atoms with van der Waals surface area (Å²) in [5, 5.41) is 3.47. The van der Waals surface area contributed by atoms with Gasteiger partial charge in [0, 0.05) is 19.6 Å². The van der Waals surface area contributed by atoms with Gasteiger partial charge in [0.25, 0.3) is 0 Å². The van der Waals surface area contributed by atoms with Crippen molar-refractivity contribution < 1.29 is 0 Å². The fourth-order valence-corrected chi connectivity index (χ4v) is 3.46. The van der Waals surface area contributed by atoms with E-state index in [2.05, 4.69) is 59.9 Å². The number of hydrogen-bond donors (Lipinski definition) is 1. The molecule has 1 N–H and O–H groups in total. The molecular formula is C16H24N4. The Morgan fingerprint density at radius 1 is 1.45 bits per heavy atom. The van der Waals surface area contributed by atoms with Gasteiger partial charge >= 0.3 is 0 Å². The first-order valence-electron chi connectivity index (χ1n) is 7.60. The average molecular weight is 272 g/mol. The molecule has 1 aromatic heterocycles. The van der Waals surface area contributed by atoms with E-state index in [9.17, 15) is 0 Å². The van der Waals surface area contributed by atoms with Gasteiger partial charge in [0.15, 0.2) is 0 Å². The third-order valence-corrected chi connectivity index (χ3v) is 4.56. The smallest absolute Gasteiger partial charge is 0.126 e. The molecule has 2 unspecified atom stereocenters. The van der Waals surface area contributed by atoms with E-state index in [1.165, 1.54) is 17.8 Å². The zero-order valence-electron chi connectivity index (χ0n) is 12.6. The van der Waals surface area contributed by atoms with E-state index >= 15 is 0 Å². The van der Waals surface area contributed by atoms with Gasteiger partial charge in [-0.25, -0.2) is 4.98 Å². The third kappa shape index (κ3) is 2.23. The lowest BCUT2D eigenvalue weighted by molar-refractivity contribution is 0.155. The maximum absolute atomic E-state index is 4.85. The lowest BCUT2D eigenvalue weighted by Crippen LogP contribution is -2.39. The van der Waals surface area contributed by atoms with Crippen molar-refractivity contribution in [2.45, 2.75) is 32.4 Å². The first-order valence-corrected chi connectivity index (χ1v) is 7.60. The number of rotatable bonds is 4. The predicted molar refractivity (Wildman–Crippen MR) is 82.8 cm³/mol. The van der Waals surface area contributed by atoms with Crippen LogP contribution in [-0.2, 0) is 7.05 Å². The molecule has 1 aromatic carbocycles. The number of aromatic nitrogens is 2. The van der Waals surface area contributed by atoms with E-state index in [1.54, 1.807) is 0 Å². The van der Waals surface area contributed by atoms with Gasteiger partial charge in [-0.1, -0.05) is 19.1 Å². The summed E-state index contributed by atoms with van der Waals surface area (Å²) in [6.07, 6.45) is 1.24. The predicted octanol–water partition coefficient (Wildman–Crippen LogP) is 2.32. The second-order valence-corrected chi connectivity index (χ2v) is 5.67. The summed E-state index contributed by atoms with van der Waals surface area (Å²) in [5.74, 6) is 1.17. The lowest BCUT2D eigenvalue weighted by atomic mass is 10.1. The molecular weight excluding hydrogens is 248 g/mol. The van der Waals surface area contributed by atoms with E-state index < -0.39 is 0 Å². The van der Waals surface area contributed by atoms with Gasteiger partial charge in [0.05, 0.1) is 17.1 Å². The van der Waals surface area contributed by atoms with Gasteiger partial charge in [-0.2, -0.15) is 0 Å². The molecule has 1 aliphatic heterocycles. The Labute approximate surface area is 120 Å². The number of benzene rings is 1. The van der Waals surface area contributed by atoms with E-state index in [4.69, 9.17) is 4.98 Å². The Kier molecular flexibility index (Phi) is 3.76. The number of para-hydroxylation sites is 2. The number of nitrogens with one attached hydrogen (secondary N) is 1. The van der Waals surface area contributed by atoms with Gasteiger partial charge < -0.3 is 9.88 Å². The van der Waals surface area contributed by atoms with Gasteiger partial charge in [-0.15, -0.1) is 0 Å². The Hall–Kier alpha value is -1.39. The third-order valence-electron chi connectivity index (χ3n) is 4.56. The second-order valence-electron chi connectivity index (χ2n) is 5.67. The molecule has 2 aromatic rings. The highest BCUT2D eigenvalue weighted by Crippen LogP contribution is 2.26. The van der Waals surface area contributed by atoms with Crippen molar-refractivity contribution in [2.75, 3.05) is 19.6 Å². The number of imidazole rings is 1. The normalized spacial score (nSPS) is 20.9. The quantitative estimate of drug-likeness (QED) is 0.927. The molecule has 0 bridgehead atoms. The Balaban J connectivity index is 1.94. The zero-order chi connectivity index (χ0) is 14.1. The number of likely N-dealkylation sites (N-methyl/N-ethyl adjacent to an activating group) is 1. The average Bonchev–Trinajstić information content (AvgIpc) is 3.09. The molecule has 2 atom stereocenters. The highest BCUT2D eigenvalue weighted by molar-refractivity contribution is 5.75. The summed E-state index contributed by atoms with van der Waals surface area (Å²) in [7, 11) is 2.13. The van der Waals surface area contributed by atoms with E-state index in [1.807, 2.05) is 0 Å². The van der Waals surface area contributed by atoms with Crippen molar-refractivity contribution >= 4 is 11.0 Å². The van der Waals surface area contributed by atoms with Crippen LogP contribution in [-0.4, -0.2) is 40.1 Å². The molecule has 1 fully saturated rings. The molecule has 20 heavy (non-hydrogen) atoms. The molecule has 0 amide bonds. The van der Waals surface area contributed by atoms with Crippen LogP contribution in [0, 0.1) is 0 Å². The van der Waals surface area contributed by atoms with E-state index in [0.717, 1.165) is 25.2 Å². The fourth-order valence-electron chi connectivity index (χ4n) is 3.46. The SMILES string of the molecule is CCN(C1CCNC1)C(C)c1nc2ccccc2n1C. The number of nitrogens with zero attached hydrogens (tertiary/aromatic N) is 3. The lowest BCUT2D eigenvalue weighted by Gasteiger charge is -2.32. The number of aryl methyl sites for hydroxylation is 1. The van der Waals surface area contributed by atoms with Gasteiger partial charge in [0.2, 0.25) is 0 Å². The molecule has 108 valence electrons. The van der Waals surface area contributed by atoms with Gasteiger partial charge in [-0.3, -0.25) is 4.90 Å². The van der Waals surface area contributed by atoms with Crippen molar-refractivity contribution in [2.24, 2.45) is 7.05 Å². The summed E-state index contributed by atoms with van der Waals surface area (Å²) >= 11 is 0. The fraction of sp³-hybridized carbons (Fsp3) is 0.562. The molecule has 2 heterocycles. The summed E-state index contributed by atoms with van der Waals surface area (Å²) in [6.45, 7) is 7.83. The van der Waals surface area contributed by atoms with Crippen molar-refractivity contribution in [3.63, 3.8) is 0 Å². The zero-order valence-corrected chi connectivity index (χ0v) is 12.6. The topological polar surface area (TPSA) is 33.1 Å². The van der Waals surface area contributed by atoms with Crippen LogP contribution in [0.25, 0.3) is 11.0 Å². The molecule has 0 saturated carbocycles. The van der Waals surface area contributed by atoms with Crippen molar-refractivity contribution in [1.82, 2.24) is 19.8 Å². The highest BCUT2D eigenvalue weighted by Gasteiger charge is 2.28. The maximum atomic E-state index is 4.85. The van der Waals surface area contributed by atoms with Crippen LogP contribution >= 0.6 is 0 Å². The van der Waals surface area contributed by atoms with Crippen LogP contribution in [0.1, 0.15) is 32.1 Å². The largest absolute Gasteiger partial charge is 0.330 e. The van der Waals surface area contributed by atoms with E-state index in [-0.39, 0.29) is 0 Å². The number of fused-ring (bicyclic) bond motifs is 1. The van der Waals surface area contributed by atoms with Crippen LogP contribution in [0.2, 0.25) is 0 Å². The summed E-state index contributed by atoms with van der Waals surface area (Å²) in [5.41, 5.74) is 2.31. The second kappa shape index (κ2) is 5.54.